The zero-order chi connectivity index (χ0) is 14.0. The predicted octanol–water partition coefficient (Wildman–Crippen LogP) is 3.44. The lowest BCUT2D eigenvalue weighted by Gasteiger charge is -2.08. The highest BCUT2D eigenvalue weighted by molar-refractivity contribution is 9.10. The number of nitrogens with one attached hydrogen (secondary N) is 1. The number of benzene rings is 1. The number of halogens is 1. The zero-order valence-electron chi connectivity index (χ0n) is 11.1. The minimum Gasteiger partial charge on any atom is -0.326 e. The fourth-order valence-electron chi connectivity index (χ4n) is 1.69. The third-order valence-electron chi connectivity index (χ3n) is 2.71. The summed E-state index contributed by atoms with van der Waals surface area (Å²) >= 11 is 3.48. The number of anilines is 1. The third-order valence-corrected chi connectivity index (χ3v) is 3.29. The van der Waals surface area contributed by atoms with E-state index in [1.807, 2.05) is 51.4 Å². The number of hydrogen-bond donors (Lipinski definition) is 1. The first-order chi connectivity index (χ1) is 8.97. The van der Waals surface area contributed by atoms with Crippen LogP contribution in [0.1, 0.15) is 13.8 Å². The van der Waals surface area contributed by atoms with Crippen LogP contribution in [-0.4, -0.2) is 15.7 Å². The van der Waals surface area contributed by atoms with Crippen LogP contribution in [0.3, 0.4) is 0 Å². The van der Waals surface area contributed by atoms with E-state index in [0.29, 0.717) is 0 Å². The molecule has 0 saturated heterocycles. The van der Waals surface area contributed by atoms with E-state index in [0.717, 1.165) is 21.4 Å². The molecule has 0 bridgehead atoms. The summed E-state index contributed by atoms with van der Waals surface area (Å²) in [6.07, 6.45) is 1.90. The molecule has 2 aromatic rings. The Balaban J connectivity index is 2.29. The Bertz CT molecular complexity index is 604. The maximum absolute atomic E-state index is 11.7. The monoisotopic (exact) mass is 321 g/mol. The molecule has 100 valence electrons. The summed E-state index contributed by atoms with van der Waals surface area (Å²) < 4.78 is 2.68. The molecule has 0 aliphatic rings. The maximum atomic E-state index is 11.7. The van der Waals surface area contributed by atoms with Crippen molar-refractivity contribution in [3.8, 4) is 11.3 Å². The lowest BCUT2D eigenvalue weighted by atomic mass is 10.1. The molecule has 1 aromatic carbocycles. The van der Waals surface area contributed by atoms with Crippen LogP contribution in [0.15, 0.2) is 34.9 Å². The molecule has 1 amide bonds. The number of hydrogen-bond acceptors (Lipinski definition) is 2. The van der Waals surface area contributed by atoms with Crippen molar-refractivity contribution in [1.82, 2.24) is 9.78 Å². The lowest BCUT2D eigenvalue weighted by Crippen LogP contribution is -2.17. The molecule has 5 heteroatoms. The van der Waals surface area contributed by atoms with Crippen LogP contribution in [0, 0.1) is 5.92 Å². The number of amides is 1. The smallest absolute Gasteiger partial charge is 0.226 e. The number of nitrogens with zero attached hydrogens (tertiary/aromatic N) is 2. The van der Waals surface area contributed by atoms with Gasteiger partial charge >= 0.3 is 0 Å². The largest absolute Gasteiger partial charge is 0.326 e. The second kappa shape index (κ2) is 5.57. The van der Waals surface area contributed by atoms with Crippen molar-refractivity contribution < 1.29 is 4.79 Å². The first kappa shape index (κ1) is 13.8. The van der Waals surface area contributed by atoms with Crippen LogP contribution in [0.25, 0.3) is 11.3 Å². The molecule has 0 aliphatic heterocycles. The first-order valence-electron chi connectivity index (χ1n) is 6.08. The van der Waals surface area contributed by atoms with E-state index in [4.69, 9.17) is 0 Å². The van der Waals surface area contributed by atoms with Crippen molar-refractivity contribution in [3.05, 3.63) is 34.9 Å². The Hall–Kier alpha value is -1.62. The Morgan fingerprint density at radius 2 is 2.16 bits per heavy atom. The fraction of sp³-hybridized carbons (Fsp3) is 0.286. The minimum absolute atomic E-state index is 0.0113. The second-order valence-corrected chi connectivity index (χ2v) is 5.58. The van der Waals surface area contributed by atoms with E-state index in [-0.39, 0.29) is 11.8 Å². The molecule has 0 aliphatic carbocycles. The van der Waals surface area contributed by atoms with E-state index in [2.05, 4.69) is 26.3 Å². The van der Waals surface area contributed by atoms with Gasteiger partial charge in [-0.05, 0) is 28.1 Å². The summed E-state index contributed by atoms with van der Waals surface area (Å²) in [6.45, 7) is 3.74. The molecule has 2 rings (SSSR count). The molecular formula is C14H16BrN3O. The van der Waals surface area contributed by atoms with Gasteiger partial charge in [-0.3, -0.25) is 9.48 Å². The van der Waals surface area contributed by atoms with Gasteiger partial charge in [0.2, 0.25) is 5.91 Å². The van der Waals surface area contributed by atoms with Crippen molar-refractivity contribution in [2.45, 2.75) is 13.8 Å². The minimum atomic E-state index is -0.0368. The topological polar surface area (TPSA) is 46.9 Å². The zero-order valence-corrected chi connectivity index (χ0v) is 12.7. The average Bonchev–Trinajstić information content (AvgIpc) is 2.68. The summed E-state index contributed by atoms with van der Waals surface area (Å²) in [7, 11) is 1.87. The van der Waals surface area contributed by atoms with Crippen LogP contribution >= 0.6 is 15.9 Å². The average molecular weight is 322 g/mol. The summed E-state index contributed by atoms with van der Waals surface area (Å²) in [4.78, 5) is 11.7. The standard InChI is InChI=1S/C14H16BrN3O/c1-9(2)14(19)16-11-6-4-5-10(7-11)13-12(15)8-18(3)17-13/h4-9H,1-3H3,(H,16,19). The quantitative estimate of drug-likeness (QED) is 0.941. The molecule has 0 saturated carbocycles. The highest BCUT2D eigenvalue weighted by Gasteiger charge is 2.10. The normalized spacial score (nSPS) is 10.8. The molecule has 1 N–H and O–H groups in total. The summed E-state index contributed by atoms with van der Waals surface area (Å²) in [5.74, 6) is -0.0255. The van der Waals surface area contributed by atoms with E-state index >= 15 is 0 Å². The van der Waals surface area contributed by atoms with Gasteiger partial charge in [0.05, 0.1) is 4.47 Å². The Labute approximate surface area is 120 Å². The van der Waals surface area contributed by atoms with Crippen molar-refractivity contribution >= 4 is 27.5 Å². The lowest BCUT2D eigenvalue weighted by molar-refractivity contribution is -0.118. The number of carbonyl (C=O) groups excluding carboxylic acids is 1. The van der Waals surface area contributed by atoms with Gasteiger partial charge in [-0.15, -0.1) is 0 Å². The van der Waals surface area contributed by atoms with E-state index in [1.165, 1.54) is 0 Å². The van der Waals surface area contributed by atoms with E-state index in [9.17, 15) is 4.79 Å². The van der Waals surface area contributed by atoms with Crippen LogP contribution in [0.2, 0.25) is 0 Å². The Morgan fingerprint density at radius 1 is 1.42 bits per heavy atom. The van der Waals surface area contributed by atoms with Gasteiger partial charge in [0.25, 0.3) is 0 Å². The molecule has 1 heterocycles. The Kier molecular flexibility index (Phi) is 4.04. The second-order valence-electron chi connectivity index (χ2n) is 4.72. The third kappa shape index (κ3) is 3.23. The first-order valence-corrected chi connectivity index (χ1v) is 6.87. The van der Waals surface area contributed by atoms with E-state index in [1.54, 1.807) is 4.68 Å². The van der Waals surface area contributed by atoms with Crippen LogP contribution < -0.4 is 5.32 Å². The molecule has 0 radical (unpaired) electrons. The summed E-state index contributed by atoms with van der Waals surface area (Å²) in [5, 5.41) is 7.28. The number of rotatable bonds is 3. The van der Waals surface area contributed by atoms with Gasteiger partial charge in [-0.1, -0.05) is 26.0 Å². The molecule has 0 unspecified atom stereocenters. The van der Waals surface area contributed by atoms with E-state index < -0.39 is 0 Å². The van der Waals surface area contributed by atoms with Gasteiger partial charge in [0.15, 0.2) is 0 Å². The van der Waals surface area contributed by atoms with Crippen molar-refractivity contribution in [2.24, 2.45) is 13.0 Å². The van der Waals surface area contributed by atoms with Crippen LogP contribution in [-0.2, 0) is 11.8 Å². The Morgan fingerprint density at radius 3 is 2.74 bits per heavy atom. The van der Waals surface area contributed by atoms with Crippen LogP contribution in [0.5, 0.6) is 0 Å². The molecule has 0 fully saturated rings. The highest BCUT2D eigenvalue weighted by Crippen LogP contribution is 2.28. The van der Waals surface area contributed by atoms with Crippen LogP contribution in [0.4, 0.5) is 5.69 Å². The summed E-state index contributed by atoms with van der Waals surface area (Å²) in [6, 6.07) is 7.68. The summed E-state index contributed by atoms with van der Waals surface area (Å²) in [5.41, 5.74) is 2.62. The molecule has 4 nitrogen and oxygen atoms in total. The number of carbonyl (C=O) groups is 1. The van der Waals surface area contributed by atoms with Gasteiger partial charge in [0.1, 0.15) is 5.69 Å². The van der Waals surface area contributed by atoms with Gasteiger partial charge in [0, 0.05) is 30.4 Å². The van der Waals surface area contributed by atoms with Gasteiger partial charge in [-0.25, -0.2) is 0 Å². The van der Waals surface area contributed by atoms with Gasteiger partial charge < -0.3 is 5.32 Å². The molecular weight excluding hydrogens is 306 g/mol. The predicted molar refractivity (Wildman–Crippen MR) is 79.8 cm³/mol. The maximum Gasteiger partial charge on any atom is 0.226 e. The van der Waals surface area contributed by atoms with Crippen molar-refractivity contribution in [3.63, 3.8) is 0 Å². The van der Waals surface area contributed by atoms with Crippen molar-refractivity contribution in [1.29, 1.82) is 0 Å². The SMILES string of the molecule is CC(C)C(=O)Nc1cccc(-c2nn(C)cc2Br)c1. The fourth-order valence-corrected chi connectivity index (χ4v) is 2.29. The molecule has 19 heavy (non-hydrogen) atoms. The highest BCUT2D eigenvalue weighted by atomic mass is 79.9. The number of aryl methyl sites for hydroxylation is 1. The van der Waals surface area contributed by atoms with Crippen molar-refractivity contribution in [2.75, 3.05) is 5.32 Å². The number of aromatic nitrogens is 2. The molecule has 1 aromatic heterocycles. The molecule has 0 spiro atoms. The van der Waals surface area contributed by atoms with Gasteiger partial charge in [-0.2, -0.15) is 5.10 Å². The molecule has 0 atom stereocenters.